The Morgan fingerprint density at radius 1 is 1.00 bits per heavy atom. The molecule has 2 aromatic carbocycles. The number of aromatic nitrogens is 1. The van der Waals surface area contributed by atoms with Crippen molar-refractivity contribution in [2.45, 2.75) is 11.8 Å². The second-order valence-corrected chi connectivity index (χ2v) is 6.84. The third-order valence-corrected chi connectivity index (χ3v) is 4.47. The highest BCUT2D eigenvalue weighted by Gasteiger charge is 2.21. The largest absolute Gasteiger partial charge is 0.360 e. The predicted molar refractivity (Wildman–Crippen MR) is 83.4 cm³/mol. The van der Waals surface area contributed by atoms with Crippen molar-refractivity contribution in [1.82, 2.24) is 5.16 Å². The topological polar surface area (TPSA) is 86.2 Å². The van der Waals surface area contributed by atoms with Crippen LogP contribution in [0.15, 0.2) is 45.8 Å². The first-order valence-corrected chi connectivity index (χ1v) is 8.47. The van der Waals surface area contributed by atoms with Crippen molar-refractivity contribution in [2.75, 3.05) is 0 Å². The highest BCUT2D eigenvalue weighted by molar-refractivity contribution is 7.89. The summed E-state index contributed by atoms with van der Waals surface area (Å²) >= 11 is 0. The van der Waals surface area contributed by atoms with Crippen molar-refractivity contribution in [3.63, 3.8) is 0 Å². The summed E-state index contributed by atoms with van der Waals surface area (Å²) in [4.78, 5) is -0.663. The summed E-state index contributed by atoms with van der Waals surface area (Å²) in [6.45, 7) is 1.53. The molecule has 0 radical (unpaired) electrons. The highest BCUT2D eigenvalue weighted by atomic mass is 32.2. The van der Waals surface area contributed by atoms with E-state index in [9.17, 15) is 21.6 Å². The minimum atomic E-state index is -4.22. The van der Waals surface area contributed by atoms with Crippen molar-refractivity contribution in [2.24, 2.45) is 5.14 Å². The van der Waals surface area contributed by atoms with E-state index in [2.05, 4.69) is 5.16 Å². The van der Waals surface area contributed by atoms with E-state index in [-0.39, 0.29) is 28.1 Å². The lowest BCUT2D eigenvalue weighted by molar-refractivity contribution is 0.400. The van der Waals surface area contributed by atoms with Crippen LogP contribution < -0.4 is 5.14 Å². The van der Waals surface area contributed by atoms with Gasteiger partial charge >= 0.3 is 0 Å². The van der Waals surface area contributed by atoms with Gasteiger partial charge in [0.1, 0.15) is 33.8 Å². The lowest BCUT2D eigenvalue weighted by atomic mass is 9.99. The summed E-state index contributed by atoms with van der Waals surface area (Å²) in [5.74, 6) is -2.41. The van der Waals surface area contributed by atoms with Gasteiger partial charge in [-0.05, 0) is 36.8 Å². The maximum atomic E-state index is 14.1. The number of nitrogens with zero attached hydrogens (tertiary/aromatic N) is 1. The lowest BCUT2D eigenvalue weighted by Gasteiger charge is -2.06. The van der Waals surface area contributed by atoms with Gasteiger partial charge in [0.25, 0.3) is 0 Å². The first-order valence-electron chi connectivity index (χ1n) is 6.92. The van der Waals surface area contributed by atoms with Crippen LogP contribution in [0, 0.1) is 24.4 Å². The van der Waals surface area contributed by atoms with E-state index in [1.54, 1.807) is 0 Å². The minimum absolute atomic E-state index is 0.0960. The molecule has 2 N–H and O–H groups in total. The fourth-order valence-electron chi connectivity index (χ4n) is 2.49. The van der Waals surface area contributed by atoms with Gasteiger partial charge in [0.2, 0.25) is 10.0 Å². The molecule has 5 nitrogen and oxygen atoms in total. The Morgan fingerprint density at radius 3 is 2.20 bits per heavy atom. The van der Waals surface area contributed by atoms with E-state index in [0.717, 1.165) is 24.3 Å². The quantitative estimate of drug-likeness (QED) is 0.768. The van der Waals surface area contributed by atoms with Crippen LogP contribution in [0.5, 0.6) is 0 Å². The second-order valence-electron chi connectivity index (χ2n) is 5.31. The molecule has 1 aromatic heterocycles. The zero-order chi connectivity index (χ0) is 18.4. The molecule has 0 unspecified atom stereocenters. The van der Waals surface area contributed by atoms with Crippen molar-refractivity contribution in [1.29, 1.82) is 0 Å². The van der Waals surface area contributed by atoms with Gasteiger partial charge in [-0.25, -0.2) is 26.7 Å². The van der Waals surface area contributed by atoms with E-state index < -0.39 is 32.4 Å². The number of primary sulfonamides is 1. The molecule has 1 heterocycles. The highest BCUT2D eigenvalue weighted by Crippen LogP contribution is 2.35. The standard InChI is InChI=1S/C16H11F3N2O3S/c1-8-15(9-2-3-14(13(19)6-9)25(20,22)23)16(21-24-8)10-4-11(17)7-12(18)5-10/h2-7H,1H3,(H2,20,22,23). The molecule has 3 rings (SSSR count). The maximum Gasteiger partial charge on any atom is 0.240 e. The molecule has 0 bridgehead atoms. The number of aryl methyl sites for hydroxylation is 1. The molecule has 0 fully saturated rings. The van der Waals surface area contributed by atoms with Crippen LogP contribution in [-0.2, 0) is 10.0 Å². The molecule has 3 aromatic rings. The van der Waals surface area contributed by atoms with Crippen molar-refractivity contribution in [3.8, 4) is 22.4 Å². The first kappa shape index (κ1) is 17.2. The van der Waals surface area contributed by atoms with Gasteiger partial charge in [0.05, 0.1) is 5.56 Å². The zero-order valence-corrected chi connectivity index (χ0v) is 13.6. The predicted octanol–water partition coefficient (Wildman–Crippen LogP) is 3.38. The van der Waals surface area contributed by atoms with Crippen LogP contribution in [0.25, 0.3) is 22.4 Å². The molecule has 0 amide bonds. The lowest BCUT2D eigenvalue weighted by Crippen LogP contribution is -2.13. The normalized spacial score (nSPS) is 11.7. The van der Waals surface area contributed by atoms with E-state index in [1.807, 2.05) is 0 Å². The van der Waals surface area contributed by atoms with Gasteiger partial charge in [-0.1, -0.05) is 11.2 Å². The van der Waals surface area contributed by atoms with Crippen molar-refractivity contribution >= 4 is 10.0 Å². The van der Waals surface area contributed by atoms with Crippen LogP contribution in [0.4, 0.5) is 13.2 Å². The summed E-state index contributed by atoms with van der Waals surface area (Å²) in [5.41, 5.74) is 0.701. The number of halogens is 3. The van der Waals surface area contributed by atoms with Crippen LogP contribution >= 0.6 is 0 Å². The Bertz CT molecular complexity index is 1060. The summed E-state index contributed by atoms with van der Waals surface area (Å²) in [7, 11) is -4.22. The molecule has 0 spiro atoms. The number of hydrogen-bond donors (Lipinski definition) is 1. The van der Waals surface area contributed by atoms with Crippen molar-refractivity contribution < 1.29 is 26.1 Å². The number of hydrogen-bond acceptors (Lipinski definition) is 4. The Hall–Kier alpha value is -2.65. The number of sulfonamides is 1. The molecular formula is C16H11F3N2O3S. The summed E-state index contributed by atoms with van der Waals surface area (Å²) in [5, 5.41) is 8.70. The van der Waals surface area contributed by atoms with Crippen LogP contribution in [0.2, 0.25) is 0 Å². The average molecular weight is 368 g/mol. The van der Waals surface area contributed by atoms with Crippen LogP contribution in [0.3, 0.4) is 0 Å². The number of benzene rings is 2. The van der Waals surface area contributed by atoms with Gasteiger partial charge in [0.15, 0.2) is 0 Å². The molecule has 130 valence electrons. The summed E-state index contributed by atoms with van der Waals surface area (Å²) < 4.78 is 68.7. The number of nitrogens with two attached hydrogens (primary N) is 1. The molecular weight excluding hydrogens is 357 g/mol. The summed E-state index contributed by atoms with van der Waals surface area (Å²) in [6.07, 6.45) is 0. The summed E-state index contributed by atoms with van der Waals surface area (Å²) in [6, 6.07) is 6.07. The Kier molecular flexibility index (Phi) is 4.13. The van der Waals surface area contributed by atoms with E-state index >= 15 is 0 Å². The van der Waals surface area contributed by atoms with Crippen LogP contribution in [0.1, 0.15) is 5.76 Å². The van der Waals surface area contributed by atoms with Gasteiger partial charge in [-0.15, -0.1) is 0 Å². The molecule has 0 saturated carbocycles. The molecule has 0 aliphatic heterocycles. The van der Waals surface area contributed by atoms with Crippen LogP contribution in [-0.4, -0.2) is 13.6 Å². The maximum absolute atomic E-state index is 14.1. The van der Waals surface area contributed by atoms with Gasteiger partial charge in [0, 0.05) is 11.6 Å². The van der Waals surface area contributed by atoms with E-state index in [4.69, 9.17) is 9.66 Å². The fourth-order valence-corrected chi connectivity index (χ4v) is 3.08. The molecule has 0 aliphatic rings. The van der Waals surface area contributed by atoms with Gasteiger partial charge < -0.3 is 4.52 Å². The SMILES string of the molecule is Cc1onc(-c2cc(F)cc(F)c2)c1-c1ccc(S(N)(=O)=O)c(F)c1. The Morgan fingerprint density at radius 2 is 1.64 bits per heavy atom. The molecule has 0 atom stereocenters. The van der Waals surface area contributed by atoms with Gasteiger partial charge in [-0.3, -0.25) is 0 Å². The molecule has 25 heavy (non-hydrogen) atoms. The van der Waals surface area contributed by atoms with Crippen molar-refractivity contribution in [3.05, 3.63) is 59.6 Å². The smallest absolute Gasteiger partial charge is 0.240 e. The third kappa shape index (κ3) is 3.28. The zero-order valence-electron chi connectivity index (χ0n) is 12.8. The average Bonchev–Trinajstić information content (AvgIpc) is 2.86. The molecule has 0 saturated heterocycles. The second kappa shape index (κ2) is 6.01. The third-order valence-electron chi connectivity index (χ3n) is 3.53. The van der Waals surface area contributed by atoms with E-state index in [0.29, 0.717) is 6.07 Å². The number of rotatable bonds is 3. The molecule has 9 heteroatoms. The fraction of sp³-hybridized carbons (Fsp3) is 0.0625. The van der Waals surface area contributed by atoms with E-state index in [1.165, 1.54) is 13.0 Å². The minimum Gasteiger partial charge on any atom is -0.360 e. The first-order chi connectivity index (χ1) is 11.7. The van der Waals surface area contributed by atoms with Gasteiger partial charge in [-0.2, -0.15) is 0 Å². The Balaban J connectivity index is 2.19. The molecule has 0 aliphatic carbocycles. The monoisotopic (exact) mass is 368 g/mol. The Labute approximate surface area is 140 Å².